The Balaban J connectivity index is 2.76. The number of ketones is 1. The molecule has 0 aliphatic carbocycles. The zero-order chi connectivity index (χ0) is 21.2. The van der Waals surface area contributed by atoms with Crippen LogP contribution in [0.2, 0.25) is 0 Å². The van der Waals surface area contributed by atoms with Crippen LogP contribution < -0.4 is 9.47 Å². The van der Waals surface area contributed by atoms with Crippen LogP contribution in [0.3, 0.4) is 0 Å². The fourth-order valence-electron chi connectivity index (χ4n) is 3.05. The molecule has 0 radical (unpaired) electrons. The summed E-state index contributed by atoms with van der Waals surface area (Å²) in [6, 6.07) is 10.6. The Kier molecular flexibility index (Phi) is 8.22. The summed E-state index contributed by atoms with van der Waals surface area (Å²) in [4.78, 5) is 25.6. The van der Waals surface area contributed by atoms with Crippen molar-refractivity contribution in [2.24, 2.45) is 0 Å². The fourth-order valence-corrected chi connectivity index (χ4v) is 3.05. The standard InChI is InChI=1S/C24H26O5/c1-5-13-28-20-16-21(29-14-6-2)23(24(26)17-11-9-8-10-12-17)19(18(20)7-3)15-22(25)27-4/h5-6,8-12,16H,1-2,7,13-15H2,3-4H3. The Morgan fingerprint density at radius 3 is 2.14 bits per heavy atom. The SMILES string of the molecule is C=CCOc1cc(OCC=C)c(C(=O)c2ccccc2)c(CC(=O)OC)c1CC. The number of methoxy groups -OCH3 is 1. The lowest BCUT2D eigenvalue weighted by molar-refractivity contribution is -0.139. The van der Waals surface area contributed by atoms with Gasteiger partial charge < -0.3 is 14.2 Å². The maximum absolute atomic E-state index is 13.4. The molecule has 2 aromatic rings. The van der Waals surface area contributed by atoms with Gasteiger partial charge >= 0.3 is 5.97 Å². The van der Waals surface area contributed by atoms with Crippen molar-refractivity contribution in [3.05, 3.63) is 84.0 Å². The van der Waals surface area contributed by atoms with Crippen molar-refractivity contribution in [2.75, 3.05) is 20.3 Å². The Morgan fingerprint density at radius 2 is 1.59 bits per heavy atom. The third-order valence-corrected chi connectivity index (χ3v) is 4.35. The van der Waals surface area contributed by atoms with Crippen LogP contribution in [0.5, 0.6) is 11.5 Å². The zero-order valence-electron chi connectivity index (χ0n) is 16.9. The lowest BCUT2D eigenvalue weighted by Crippen LogP contribution is -2.16. The van der Waals surface area contributed by atoms with Crippen molar-refractivity contribution < 1.29 is 23.8 Å². The van der Waals surface area contributed by atoms with E-state index in [0.717, 1.165) is 5.56 Å². The molecule has 0 aliphatic heterocycles. The van der Waals surface area contributed by atoms with Gasteiger partial charge in [-0.2, -0.15) is 0 Å². The van der Waals surface area contributed by atoms with E-state index in [1.165, 1.54) is 7.11 Å². The lowest BCUT2D eigenvalue weighted by atomic mass is 9.90. The van der Waals surface area contributed by atoms with Crippen LogP contribution in [0.4, 0.5) is 0 Å². The summed E-state index contributed by atoms with van der Waals surface area (Å²) in [5, 5.41) is 0. The number of benzene rings is 2. The summed E-state index contributed by atoms with van der Waals surface area (Å²) in [7, 11) is 1.32. The number of carbonyl (C=O) groups excluding carboxylic acids is 2. The molecule has 5 nitrogen and oxygen atoms in total. The topological polar surface area (TPSA) is 61.8 Å². The van der Waals surface area contributed by atoms with Crippen LogP contribution in [-0.4, -0.2) is 32.1 Å². The predicted molar refractivity (Wildman–Crippen MR) is 113 cm³/mol. The normalized spacial score (nSPS) is 10.1. The van der Waals surface area contributed by atoms with Crippen molar-refractivity contribution in [1.29, 1.82) is 0 Å². The lowest BCUT2D eigenvalue weighted by Gasteiger charge is -2.21. The average Bonchev–Trinajstić information content (AvgIpc) is 2.76. The zero-order valence-corrected chi connectivity index (χ0v) is 16.9. The van der Waals surface area contributed by atoms with Gasteiger partial charge in [-0.25, -0.2) is 0 Å². The summed E-state index contributed by atoms with van der Waals surface area (Å²) in [6.07, 6.45) is 3.72. The third-order valence-electron chi connectivity index (χ3n) is 4.35. The van der Waals surface area contributed by atoms with Crippen LogP contribution >= 0.6 is 0 Å². The minimum atomic E-state index is -0.447. The second kappa shape index (κ2) is 10.9. The van der Waals surface area contributed by atoms with Crippen molar-refractivity contribution in [1.82, 2.24) is 0 Å². The molecule has 0 bridgehead atoms. The first-order valence-corrected chi connectivity index (χ1v) is 9.40. The first-order valence-electron chi connectivity index (χ1n) is 9.40. The summed E-state index contributed by atoms with van der Waals surface area (Å²) in [5.74, 6) is 0.217. The van der Waals surface area contributed by atoms with E-state index in [2.05, 4.69) is 13.2 Å². The van der Waals surface area contributed by atoms with E-state index in [4.69, 9.17) is 14.2 Å². The summed E-state index contributed by atoms with van der Waals surface area (Å²) >= 11 is 0. The maximum atomic E-state index is 13.4. The average molecular weight is 394 g/mol. The highest BCUT2D eigenvalue weighted by molar-refractivity contribution is 6.12. The second-order valence-corrected chi connectivity index (χ2v) is 6.21. The number of hydrogen-bond acceptors (Lipinski definition) is 5. The molecule has 0 heterocycles. The maximum Gasteiger partial charge on any atom is 0.310 e. The molecular formula is C24H26O5. The number of carbonyl (C=O) groups is 2. The molecule has 0 unspecified atom stereocenters. The Hall–Kier alpha value is -3.34. The molecule has 0 atom stereocenters. The Morgan fingerprint density at radius 1 is 0.966 bits per heavy atom. The number of esters is 1. The predicted octanol–water partition coefficient (Wildman–Crippen LogP) is 4.33. The van der Waals surface area contributed by atoms with Gasteiger partial charge in [0.05, 0.1) is 19.1 Å². The highest BCUT2D eigenvalue weighted by atomic mass is 16.5. The monoisotopic (exact) mass is 394 g/mol. The van der Waals surface area contributed by atoms with Gasteiger partial charge in [0.1, 0.15) is 24.7 Å². The molecule has 0 saturated carbocycles. The van der Waals surface area contributed by atoms with Crippen LogP contribution in [0.25, 0.3) is 0 Å². The van der Waals surface area contributed by atoms with E-state index in [-0.39, 0.29) is 25.4 Å². The van der Waals surface area contributed by atoms with Crippen molar-refractivity contribution in [2.45, 2.75) is 19.8 Å². The van der Waals surface area contributed by atoms with Gasteiger partial charge in [0.25, 0.3) is 0 Å². The summed E-state index contributed by atoms with van der Waals surface area (Å²) in [5.41, 5.74) is 2.16. The Labute approximate surface area is 171 Å². The molecule has 0 aliphatic rings. The second-order valence-electron chi connectivity index (χ2n) is 6.21. The molecule has 0 spiro atoms. The van der Waals surface area contributed by atoms with Gasteiger partial charge in [-0.3, -0.25) is 9.59 Å². The molecule has 0 amide bonds. The molecule has 0 fully saturated rings. The molecule has 29 heavy (non-hydrogen) atoms. The van der Waals surface area contributed by atoms with Crippen LogP contribution in [0.1, 0.15) is 34.0 Å². The molecule has 5 heteroatoms. The van der Waals surface area contributed by atoms with Gasteiger partial charge in [0, 0.05) is 11.6 Å². The van der Waals surface area contributed by atoms with Crippen LogP contribution in [0.15, 0.2) is 61.7 Å². The minimum Gasteiger partial charge on any atom is -0.489 e. The van der Waals surface area contributed by atoms with Crippen LogP contribution in [-0.2, 0) is 22.4 Å². The van der Waals surface area contributed by atoms with Crippen molar-refractivity contribution in [3.63, 3.8) is 0 Å². The smallest absolute Gasteiger partial charge is 0.310 e. The van der Waals surface area contributed by atoms with Gasteiger partial charge in [-0.1, -0.05) is 62.6 Å². The van der Waals surface area contributed by atoms with Crippen LogP contribution in [0, 0.1) is 0 Å². The molecule has 2 rings (SSSR count). The van der Waals surface area contributed by atoms with E-state index in [1.807, 2.05) is 13.0 Å². The first-order chi connectivity index (χ1) is 14.1. The van der Waals surface area contributed by atoms with Gasteiger partial charge in [0.15, 0.2) is 5.78 Å². The Bertz CT molecular complexity index is 884. The highest BCUT2D eigenvalue weighted by Crippen LogP contribution is 2.36. The first kappa shape index (κ1) is 22.0. The van der Waals surface area contributed by atoms with Gasteiger partial charge in [0.2, 0.25) is 0 Å². The van der Waals surface area contributed by atoms with Crippen molar-refractivity contribution >= 4 is 11.8 Å². The number of hydrogen-bond donors (Lipinski definition) is 0. The van der Waals surface area contributed by atoms with E-state index in [0.29, 0.717) is 34.6 Å². The highest BCUT2D eigenvalue weighted by Gasteiger charge is 2.26. The number of rotatable bonds is 11. The van der Waals surface area contributed by atoms with E-state index < -0.39 is 5.97 Å². The quantitative estimate of drug-likeness (QED) is 0.323. The molecule has 2 aromatic carbocycles. The minimum absolute atomic E-state index is 0.0662. The molecule has 0 saturated heterocycles. The molecule has 152 valence electrons. The third kappa shape index (κ3) is 5.35. The largest absolute Gasteiger partial charge is 0.489 e. The van der Waals surface area contributed by atoms with Gasteiger partial charge in [-0.05, 0) is 17.5 Å². The van der Waals surface area contributed by atoms with Crippen molar-refractivity contribution in [3.8, 4) is 11.5 Å². The summed E-state index contributed by atoms with van der Waals surface area (Å²) in [6.45, 7) is 9.78. The molecule has 0 N–H and O–H groups in total. The molecular weight excluding hydrogens is 368 g/mol. The van der Waals surface area contributed by atoms with Gasteiger partial charge in [-0.15, -0.1) is 0 Å². The van der Waals surface area contributed by atoms with E-state index >= 15 is 0 Å². The van der Waals surface area contributed by atoms with E-state index in [1.54, 1.807) is 42.5 Å². The van der Waals surface area contributed by atoms with E-state index in [9.17, 15) is 9.59 Å². The molecule has 0 aromatic heterocycles. The fraction of sp³-hybridized carbons (Fsp3) is 0.250. The summed E-state index contributed by atoms with van der Waals surface area (Å²) < 4.78 is 16.5. The number of ether oxygens (including phenoxy) is 3.